The molecular weight excluding hydrogens is 289 g/mol. The van der Waals surface area contributed by atoms with Crippen LogP contribution >= 0.6 is 0 Å². The third-order valence-electron chi connectivity index (χ3n) is 4.93. The van der Waals surface area contributed by atoms with Crippen molar-refractivity contribution in [1.82, 2.24) is 0 Å². The molecule has 0 spiro atoms. The van der Waals surface area contributed by atoms with E-state index >= 15 is 0 Å². The Labute approximate surface area is 137 Å². The lowest BCUT2D eigenvalue weighted by Gasteiger charge is -2.05. The standard InChI is InChI=1S/C20H24FNO/c21-17-13-9-10-14-18(17)22-20(23)19-15-11-7-5-3-1-2-4-6-8-12-16(15)19/h3-6,9-10,13-16,19H,1-2,7-8,11-12H2,(H,22,23)/b5-3-,6-4+/t15-,16-,19?/m1/s1. The van der Waals surface area contributed by atoms with Gasteiger partial charge in [0.05, 0.1) is 5.69 Å². The molecule has 0 radical (unpaired) electrons. The fourth-order valence-electron chi connectivity index (χ4n) is 3.64. The highest BCUT2D eigenvalue weighted by Crippen LogP contribution is 2.52. The quantitative estimate of drug-likeness (QED) is 0.757. The van der Waals surface area contributed by atoms with Gasteiger partial charge in [0.15, 0.2) is 0 Å². The molecule has 0 saturated heterocycles. The highest BCUT2D eigenvalue weighted by Gasteiger charge is 2.52. The van der Waals surface area contributed by atoms with Crippen molar-refractivity contribution in [2.45, 2.75) is 38.5 Å². The Bertz CT molecular complexity index is 583. The Morgan fingerprint density at radius 2 is 1.48 bits per heavy atom. The molecule has 1 aromatic carbocycles. The number of carbonyl (C=O) groups excluding carboxylic acids is 1. The number of fused-ring (bicyclic) bond motifs is 1. The van der Waals surface area contributed by atoms with E-state index in [4.69, 9.17) is 0 Å². The SMILES string of the molecule is O=C(Nc1ccccc1F)C1[C@@H]2CC/C=C\CC/C=C/CC[C@@H]12. The second kappa shape index (κ2) is 7.58. The van der Waals surface area contributed by atoms with Gasteiger partial charge >= 0.3 is 0 Å². The van der Waals surface area contributed by atoms with Crippen molar-refractivity contribution < 1.29 is 9.18 Å². The average molecular weight is 313 g/mol. The number of halogens is 1. The van der Waals surface area contributed by atoms with Crippen LogP contribution in [0.2, 0.25) is 0 Å². The summed E-state index contributed by atoms with van der Waals surface area (Å²) in [7, 11) is 0. The summed E-state index contributed by atoms with van der Waals surface area (Å²) in [6.45, 7) is 0. The van der Waals surface area contributed by atoms with Gasteiger partial charge in [-0.3, -0.25) is 4.79 Å². The lowest BCUT2D eigenvalue weighted by Crippen LogP contribution is -2.16. The predicted octanol–water partition coefficient (Wildman–Crippen LogP) is 5.09. The lowest BCUT2D eigenvalue weighted by molar-refractivity contribution is -0.117. The Morgan fingerprint density at radius 3 is 2.09 bits per heavy atom. The van der Waals surface area contributed by atoms with Crippen LogP contribution in [-0.4, -0.2) is 5.91 Å². The Morgan fingerprint density at radius 1 is 0.913 bits per heavy atom. The maximum absolute atomic E-state index is 13.7. The molecule has 3 rings (SSSR count). The van der Waals surface area contributed by atoms with Gasteiger partial charge in [0.2, 0.25) is 5.91 Å². The first-order chi connectivity index (χ1) is 11.3. The van der Waals surface area contributed by atoms with Crippen molar-refractivity contribution in [3.8, 4) is 0 Å². The van der Waals surface area contributed by atoms with Crippen LogP contribution in [0.1, 0.15) is 38.5 Å². The Kier molecular flexibility index (Phi) is 5.27. The number of rotatable bonds is 2. The van der Waals surface area contributed by atoms with Gasteiger partial charge in [0.1, 0.15) is 5.82 Å². The molecule has 2 nitrogen and oxygen atoms in total. The van der Waals surface area contributed by atoms with Crippen molar-refractivity contribution in [2.24, 2.45) is 17.8 Å². The molecule has 0 aliphatic heterocycles. The maximum Gasteiger partial charge on any atom is 0.228 e. The van der Waals surface area contributed by atoms with E-state index in [1.165, 1.54) is 6.07 Å². The van der Waals surface area contributed by atoms with Crippen molar-refractivity contribution in [3.63, 3.8) is 0 Å². The van der Waals surface area contributed by atoms with E-state index in [1.807, 2.05) is 0 Å². The summed E-state index contributed by atoms with van der Waals surface area (Å²) in [5, 5.41) is 2.78. The van der Waals surface area contributed by atoms with Gasteiger partial charge in [-0.15, -0.1) is 0 Å². The number of amides is 1. The van der Waals surface area contributed by atoms with Crippen LogP contribution in [0, 0.1) is 23.6 Å². The number of hydrogen-bond acceptors (Lipinski definition) is 1. The third kappa shape index (κ3) is 4.10. The molecule has 3 heteroatoms. The molecule has 1 N–H and O–H groups in total. The van der Waals surface area contributed by atoms with E-state index < -0.39 is 0 Å². The minimum atomic E-state index is -0.369. The molecule has 2 aliphatic rings. The van der Waals surface area contributed by atoms with Gasteiger partial charge in [0.25, 0.3) is 0 Å². The van der Waals surface area contributed by atoms with E-state index in [0.717, 1.165) is 38.5 Å². The summed E-state index contributed by atoms with van der Waals surface area (Å²) in [4.78, 5) is 12.5. The zero-order valence-corrected chi connectivity index (χ0v) is 13.4. The molecule has 0 bridgehead atoms. The van der Waals surface area contributed by atoms with Crippen LogP contribution in [0.4, 0.5) is 10.1 Å². The lowest BCUT2D eigenvalue weighted by atomic mass is 10.1. The normalized spacial score (nSPS) is 30.2. The van der Waals surface area contributed by atoms with Crippen LogP contribution in [0.15, 0.2) is 48.6 Å². The molecule has 1 saturated carbocycles. The van der Waals surface area contributed by atoms with Crippen LogP contribution in [0.5, 0.6) is 0 Å². The summed E-state index contributed by atoms with van der Waals surface area (Å²) in [5.74, 6) is 0.537. The summed E-state index contributed by atoms with van der Waals surface area (Å²) >= 11 is 0. The molecule has 2 aliphatic carbocycles. The van der Waals surface area contributed by atoms with Crippen LogP contribution in [0.3, 0.4) is 0 Å². The fraction of sp³-hybridized carbons (Fsp3) is 0.450. The van der Waals surface area contributed by atoms with E-state index in [9.17, 15) is 9.18 Å². The monoisotopic (exact) mass is 313 g/mol. The van der Waals surface area contributed by atoms with Gasteiger partial charge in [-0.25, -0.2) is 4.39 Å². The summed E-state index contributed by atoms with van der Waals surface area (Å²) < 4.78 is 13.7. The summed E-state index contributed by atoms with van der Waals surface area (Å²) in [6.07, 6.45) is 15.3. The maximum atomic E-state index is 13.7. The zero-order chi connectivity index (χ0) is 16.1. The van der Waals surface area contributed by atoms with Gasteiger partial charge in [-0.1, -0.05) is 36.4 Å². The molecule has 23 heavy (non-hydrogen) atoms. The smallest absolute Gasteiger partial charge is 0.228 e. The number of para-hydroxylation sites is 1. The minimum absolute atomic E-state index is 0.0204. The fourth-order valence-corrected chi connectivity index (χ4v) is 3.64. The highest BCUT2D eigenvalue weighted by molar-refractivity contribution is 5.95. The number of nitrogens with one attached hydrogen (secondary N) is 1. The van der Waals surface area contributed by atoms with Gasteiger partial charge in [-0.2, -0.15) is 0 Å². The van der Waals surface area contributed by atoms with E-state index in [0.29, 0.717) is 17.5 Å². The first-order valence-corrected chi connectivity index (χ1v) is 8.63. The number of allylic oxidation sites excluding steroid dienone is 4. The molecule has 122 valence electrons. The van der Waals surface area contributed by atoms with Crippen molar-refractivity contribution >= 4 is 11.6 Å². The molecule has 3 atom stereocenters. The van der Waals surface area contributed by atoms with Crippen molar-refractivity contribution in [1.29, 1.82) is 0 Å². The first kappa shape index (κ1) is 16.0. The minimum Gasteiger partial charge on any atom is -0.323 e. The second-order valence-electron chi connectivity index (χ2n) is 6.50. The number of anilines is 1. The van der Waals surface area contributed by atoms with E-state index in [2.05, 4.69) is 29.6 Å². The molecular formula is C20H24FNO. The van der Waals surface area contributed by atoms with Crippen LogP contribution < -0.4 is 5.32 Å². The topological polar surface area (TPSA) is 29.1 Å². The Hall–Kier alpha value is -1.90. The van der Waals surface area contributed by atoms with Gasteiger partial charge < -0.3 is 5.32 Å². The number of carbonyl (C=O) groups is 1. The summed E-state index contributed by atoms with van der Waals surface area (Å²) in [5.41, 5.74) is 0.291. The van der Waals surface area contributed by atoms with Gasteiger partial charge in [0, 0.05) is 5.92 Å². The van der Waals surface area contributed by atoms with E-state index in [-0.39, 0.29) is 17.6 Å². The molecule has 0 heterocycles. The molecule has 1 aromatic rings. The molecule has 0 aromatic heterocycles. The molecule has 1 unspecified atom stereocenters. The number of benzene rings is 1. The summed E-state index contributed by atoms with van der Waals surface area (Å²) in [6, 6.07) is 6.37. The third-order valence-corrected chi connectivity index (χ3v) is 4.93. The largest absolute Gasteiger partial charge is 0.323 e. The second-order valence-corrected chi connectivity index (χ2v) is 6.50. The predicted molar refractivity (Wildman–Crippen MR) is 91.5 cm³/mol. The Balaban J connectivity index is 1.63. The highest BCUT2D eigenvalue weighted by atomic mass is 19.1. The van der Waals surface area contributed by atoms with Crippen LogP contribution in [0.25, 0.3) is 0 Å². The number of hydrogen-bond donors (Lipinski definition) is 1. The average Bonchev–Trinajstić information content (AvgIpc) is 3.22. The molecule has 1 amide bonds. The van der Waals surface area contributed by atoms with Crippen molar-refractivity contribution in [3.05, 3.63) is 54.4 Å². The molecule has 1 fully saturated rings. The van der Waals surface area contributed by atoms with Gasteiger partial charge in [-0.05, 0) is 62.5 Å². The van der Waals surface area contributed by atoms with E-state index in [1.54, 1.807) is 18.2 Å². The van der Waals surface area contributed by atoms with Crippen molar-refractivity contribution in [2.75, 3.05) is 5.32 Å². The van der Waals surface area contributed by atoms with Crippen LogP contribution in [-0.2, 0) is 4.79 Å². The zero-order valence-electron chi connectivity index (χ0n) is 13.4. The first-order valence-electron chi connectivity index (χ1n) is 8.63.